The predicted octanol–water partition coefficient (Wildman–Crippen LogP) is 5.89. The monoisotopic (exact) mass is 694 g/mol. The average Bonchev–Trinajstić information content (AvgIpc) is 3.77. The molecule has 0 bridgehead atoms. The van der Waals surface area contributed by atoms with Gasteiger partial charge in [0.25, 0.3) is 11.8 Å². The van der Waals surface area contributed by atoms with Crippen molar-refractivity contribution in [2.45, 2.75) is 30.7 Å². The van der Waals surface area contributed by atoms with Crippen LogP contribution in [0, 0.1) is 5.82 Å². The number of halogens is 1. The van der Waals surface area contributed by atoms with Crippen molar-refractivity contribution >= 4 is 29.3 Å². The molecule has 4 aromatic carbocycles. The fraction of sp³-hybridized carbons (Fsp3) is 0.216. The van der Waals surface area contributed by atoms with E-state index in [0.29, 0.717) is 46.8 Å². The van der Waals surface area contributed by atoms with Crippen LogP contribution in [0.1, 0.15) is 45.3 Å². The summed E-state index contributed by atoms with van der Waals surface area (Å²) in [6.07, 6.45) is 0.461. The minimum atomic E-state index is -0.412. The Labute approximate surface area is 293 Å². The number of benzene rings is 4. The van der Waals surface area contributed by atoms with Crippen molar-refractivity contribution in [1.82, 2.24) is 25.1 Å². The van der Waals surface area contributed by atoms with Crippen molar-refractivity contribution in [3.8, 4) is 17.2 Å². The smallest absolute Gasteiger partial charge is 0.253 e. The molecule has 0 radical (unpaired) electrons. The van der Waals surface area contributed by atoms with Gasteiger partial charge in [0, 0.05) is 12.0 Å². The molecule has 0 aliphatic carbocycles. The fourth-order valence-electron chi connectivity index (χ4n) is 5.56. The van der Waals surface area contributed by atoms with Crippen LogP contribution in [0.15, 0.2) is 107 Å². The van der Waals surface area contributed by atoms with Gasteiger partial charge in [-0.1, -0.05) is 54.2 Å². The molecule has 2 amide bonds. The van der Waals surface area contributed by atoms with Crippen LogP contribution in [0.4, 0.5) is 4.39 Å². The maximum Gasteiger partial charge on any atom is 0.253 e. The molecule has 1 atom stereocenters. The Balaban J connectivity index is 1.21. The zero-order valence-electron chi connectivity index (χ0n) is 27.7. The predicted molar refractivity (Wildman–Crippen MR) is 187 cm³/mol. The quantitative estimate of drug-likeness (QED) is 0.152. The Kier molecular flexibility index (Phi) is 10.7. The van der Waals surface area contributed by atoms with Crippen LogP contribution < -0.4 is 19.5 Å². The van der Waals surface area contributed by atoms with E-state index in [1.807, 2.05) is 59.2 Å². The van der Waals surface area contributed by atoms with Crippen LogP contribution in [0.5, 0.6) is 17.2 Å². The molecule has 13 heteroatoms. The van der Waals surface area contributed by atoms with Gasteiger partial charge in [0.15, 0.2) is 22.5 Å². The van der Waals surface area contributed by atoms with Crippen molar-refractivity contribution in [1.29, 1.82) is 0 Å². The number of rotatable bonds is 13. The molecular formula is C37H35FN6O5S. The number of hydrogen-bond acceptors (Lipinski definition) is 9. The number of nitrogens with one attached hydrogen (secondary N) is 1. The lowest BCUT2D eigenvalue weighted by Gasteiger charge is -2.22. The summed E-state index contributed by atoms with van der Waals surface area (Å²) in [5.41, 5.74) is 3.77. The third-order valence-electron chi connectivity index (χ3n) is 8.20. The molecule has 0 fully saturated rings. The van der Waals surface area contributed by atoms with Crippen molar-refractivity contribution in [3.05, 3.63) is 131 Å². The van der Waals surface area contributed by atoms with Gasteiger partial charge in [-0.25, -0.2) is 9.40 Å². The minimum Gasteiger partial charge on any atom is -0.497 e. The van der Waals surface area contributed by atoms with Crippen molar-refractivity contribution < 1.29 is 28.2 Å². The number of hydrazone groups is 1. The molecular weight excluding hydrogens is 660 g/mol. The fourth-order valence-corrected chi connectivity index (χ4v) is 6.36. The second-order valence-electron chi connectivity index (χ2n) is 11.3. The highest BCUT2D eigenvalue weighted by molar-refractivity contribution is 7.99. The number of nitrogens with zero attached hydrogens (tertiary/aromatic N) is 5. The molecule has 6 rings (SSSR count). The van der Waals surface area contributed by atoms with Crippen LogP contribution >= 0.6 is 11.8 Å². The van der Waals surface area contributed by atoms with E-state index in [-0.39, 0.29) is 29.9 Å². The number of amides is 2. The van der Waals surface area contributed by atoms with E-state index in [2.05, 4.69) is 15.5 Å². The summed E-state index contributed by atoms with van der Waals surface area (Å²) in [6, 6.07) is 27.9. The number of thioether (sulfide) groups is 1. The average molecular weight is 695 g/mol. The van der Waals surface area contributed by atoms with Crippen LogP contribution in [0.2, 0.25) is 0 Å². The standard InChI is InChI=1S/C37H35FN6O5S/c1-47-29-16-11-25(12-17-29)30-20-31(26-9-14-28(38)15-10-26)44(42-30)35(45)23-50-37-41-40-34(43(37)22-24-7-5-4-6-8-24)21-39-36(46)27-13-18-32(48-2)33(19-27)49-3/h4-19,31H,20-23H2,1-3H3,(H,39,46)/t31-/m0/s1. The molecule has 0 spiro atoms. The van der Waals surface area contributed by atoms with Gasteiger partial charge < -0.3 is 24.1 Å². The number of ether oxygens (including phenoxy) is 3. The lowest BCUT2D eigenvalue weighted by atomic mass is 9.98. The highest BCUT2D eigenvalue weighted by Gasteiger charge is 2.33. The molecule has 0 saturated carbocycles. The Morgan fingerprint density at radius 2 is 1.62 bits per heavy atom. The van der Waals surface area contributed by atoms with Crippen molar-refractivity contribution in [3.63, 3.8) is 0 Å². The highest BCUT2D eigenvalue weighted by Crippen LogP contribution is 2.34. The summed E-state index contributed by atoms with van der Waals surface area (Å²) in [5.74, 6) is 1.28. The highest BCUT2D eigenvalue weighted by atomic mass is 32.2. The van der Waals surface area contributed by atoms with E-state index in [0.717, 1.165) is 22.4 Å². The number of hydrogen-bond donors (Lipinski definition) is 1. The molecule has 5 aromatic rings. The molecule has 0 unspecified atom stereocenters. The van der Waals surface area contributed by atoms with Crippen LogP contribution in [0.25, 0.3) is 0 Å². The van der Waals surface area contributed by atoms with E-state index >= 15 is 0 Å². The number of carbonyl (C=O) groups excluding carboxylic acids is 2. The van der Waals surface area contributed by atoms with Crippen LogP contribution in [-0.4, -0.2) is 64.4 Å². The van der Waals surface area contributed by atoms with E-state index in [4.69, 9.17) is 19.3 Å². The zero-order chi connectivity index (χ0) is 35.0. The summed E-state index contributed by atoms with van der Waals surface area (Å²) in [7, 11) is 4.64. The SMILES string of the molecule is COc1ccc(C2=NN(C(=O)CSc3nnc(CNC(=O)c4ccc(OC)c(OC)c4)n3Cc3ccccc3)[C@H](c3ccc(F)cc3)C2)cc1. The third kappa shape index (κ3) is 7.78. The van der Waals surface area contributed by atoms with E-state index in [1.165, 1.54) is 43.1 Å². The maximum atomic E-state index is 13.9. The summed E-state index contributed by atoms with van der Waals surface area (Å²) >= 11 is 1.23. The minimum absolute atomic E-state index is 0.0159. The first-order valence-electron chi connectivity index (χ1n) is 15.7. The normalized spacial score (nSPS) is 13.9. The lowest BCUT2D eigenvalue weighted by molar-refractivity contribution is -0.130. The third-order valence-corrected chi connectivity index (χ3v) is 9.15. The van der Waals surface area contributed by atoms with Gasteiger partial charge in [-0.15, -0.1) is 10.2 Å². The van der Waals surface area contributed by atoms with Gasteiger partial charge in [-0.3, -0.25) is 9.59 Å². The lowest BCUT2D eigenvalue weighted by Crippen LogP contribution is -2.28. The van der Waals surface area contributed by atoms with Gasteiger partial charge in [0.05, 0.1) is 51.9 Å². The molecule has 11 nitrogen and oxygen atoms in total. The molecule has 2 heterocycles. The molecule has 50 heavy (non-hydrogen) atoms. The largest absolute Gasteiger partial charge is 0.497 e. The van der Waals surface area contributed by atoms with E-state index in [9.17, 15) is 14.0 Å². The summed E-state index contributed by atoms with van der Waals surface area (Å²) in [6.45, 7) is 0.517. The summed E-state index contributed by atoms with van der Waals surface area (Å²) in [4.78, 5) is 27.0. The second kappa shape index (κ2) is 15.7. The topological polar surface area (TPSA) is 120 Å². The Hall–Kier alpha value is -5.69. The van der Waals surface area contributed by atoms with E-state index < -0.39 is 6.04 Å². The molecule has 1 aromatic heterocycles. The van der Waals surface area contributed by atoms with Gasteiger partial charge in [0.1, 0.15) is 11.6 Å². The molecule has 1 aliphatic rings. The first-order valence-corrected chi connectivity index (χ1v) is 16.7. The molecule has 1 N–H and O–H groups in total. The second-order valence-corrected chi connectivity index (χ2v) is 12.2. The zero-order valence-corrected chi connectivity index (χ0v) is 28.5. The van der Waals surface area contributed by atoms with Crippen LogP contribution in [-0.2, 0) is 17.9 Å². The maximum absolute atomic E-state index is 13.9. The first-order chi connectivity index (χ1) is 24.4. The summed E-state index contributed by atoms with van der Waals surface area (Å²) < 4.78 is 31.6. The van der Waals surface area contributed by atoms with Gasteiger partial charge >= 0.3 is 0 Å². The summed E-state index contributed by atoms with van der Waals surface area (Å²) in [5, 5.41) is 18.4. The molecule has 256 valence electrons. The Morgan fingerprint density at radius 1 is 0.880 bits per heavy atom. The van der Waals surface area contributed by atoms with Gasteiger partial charge in [-0.05, 0) is 71.3 Å². The molecule has 1 aliphatic heterocycles. The molecule has 0 saturated heterocycles. The Bertz CT molecular complexity index is 1990. The van der Waals surface area contributed by atoms with Gasteiger partial charge in [-0.2, -0.15) is 5.10 Å². The van der Waals surface area contributed by atoms with E-state index in [1.54, 1.807) is 37.4 Å². The van der Waals surface area contributed by atoms with Crippen LogP contribution in [0.3, 0.4) is 0 Å². The number of methoxy groups -OCH3 is 3. The van der Waals surface area contributed by atoms with Crippen molar-refractivity contribution in [2.24, 2.45) is 5.10 Å². The Morgan fingerprint density at radius 3 is 2.32 bits per heavy atom. The number of carbonyl (C=O) groups is 2. The first kappa shape index (κ1) is 34.2. The van der Waals surface area contributed by atoms with Gasteiger partial charge in [0.2, 0.25) is 0 Å². The number of aromatic nitrogens is 3. The van der Waals surface area contributed by atoms with Crippen molar-refractivity contribution in [2.75, 3.05) is 27.1 Å².